The molecule has 188 valence electrons. The van der Waals surface area contributed by atoms with E-state index in [2.05, 4.69) is 16.0 Å². The van der Waals surface area contributed by atoms with Crippen molar-refractivity contribution in [2.75, 3.05) is 20.1 Å². The molecule has 0 heterocycles. The van der Waals surface area contributed by atoms with Crippen molar-refractivity contribution in [1.82, 2.24) is 20.9 Å². The molecule has 0 saturated heterocycles. The first-order valence-corrected chi connectivity index (χ1v) is 11.9. The lowest BCUT2D eigenvalue weighted by Crippen LogP contribution is -2.41. The highest BCUT2D eigenvalue weighted by atomic mass is 35.5. The third-order valence-electron chi connectivity index (χ3n) is 5.19. The van der Waals surface area contributed by atoms with Crippen LogP contribution in [0.3, 0.4) is 0 Å². The number of rotatable bonds is 9. The summed E-state index contributed by atoms with van der Waals surface area (Å²) in [4.78, 5) is 38.9. The van der Waals surface area contributed by atoms with Gasteiger partial charge in [-0.3, -0.25) is 9.59 Å². The second-order valence-corrected chi connectivity index (χ2v) is 8.81. The molecule has 0 bridgehead atoms. The van der Waals surface area contributed by atoms with Gasteiger partial charge in [0.15, 0.2) is 0 Å². The van der Waals surface area contributed by atoms with Crippen molar-refractivity contribution in [3.05, 3.63) is 99.0 Å². The van der Waals surface area contributed by atoms with Crippen LogP contribution in [0.4, 0.5) is 4.79 Å². The number of urea groups is 1. The number of benzene rings is 3. The Kier molecular flexibility index (Phi) is 9.55. The molecule has 0 atom stereocenters. The van der Waals surface area contributed by atoms with Gasteiger partial charge in [-0.25, -0.2) is 4.79 Å². The van der Waals surface area contributed by atoms with E-state index in [-0.39, 0.29) is 52.6 Å². The fourth-order valence-electron chi connectivity index (χ4n) is 3.37. The van der Waals surface area contributed by atoms with Crippen LogP contribution in [0, 0.1) is 0 Å². The largest absolute Gasteiger partial charge is 0.508 e. The minimum atomic E-state index is -0.524. The number of nitrogens with one attached hydrogen (secondary N) is 3. The van der Waals surface area contributed by atoms with Gasteiger partial charge in [-0.05, 0) is 35.4 Å². The zero-order valence-corrected chi connectivity index (χ0v) is 21.1. The Balaban J connectivity index is 1.49. The maximum atomic E-state index is 12.6. The van der Waals surface area contributed by atoms with E-state index in [0.717, 1.165) is 11.1 Å². The smallest absolute Gasteiger partial charge is 0.317 e. The fraction of sp³-hybridized carbons (Fsp3) is 0.192. The summed E-state index contributed by atoms with van der Waals surface area (Å²) in [5, 5.41) is 17.7. The average Bonchev–Trinajstić information content (AvgIpc) is 2.85. The molecular weight excluding hydrogens is 503 g/mol. The SMILES string of the molecule is CN(Cc1ccccc1)C(=O)NCCNC(=O)c1c(Cl)cc(C(=O)NCc2cccc(O)c2)cc1Cl. The van der Waals surface area contributed by atoms with Gasteiger partial charge >= 0.3 is 6.03 Å². The summed E-state index contributed by atoms with van der Waals surface area (Å²) in [6, 6.07) is 18.5. The van der Waals surface area contributed by atoms with Crippen LogP contribution in [0.25, 0.3) is 0 Å². The van der Waals surface area contributed by atoms with Gasteiger partial charge in [-0.2, -0.15) is 0 Å². The van der Waals surface area contributed by atoms with E-state index in [1.54, 1.807) is 19.2 Å². The van der Waals surface area contributed by atoms with Gasteiger partial charge in [0, 0.05) is 38.8 Å². The summed E-state index contributed by atoms with van der Waals surface area (Å²) in [6.07, 6.45) is 0. The Morgan fingerprint density at radius 3 is 2.11 bits per heavy atom. The van der Waals surface area contributed by atoms with Crippen LogP contribution in [0.1, 0.15) is 31.8 Å². The summed E-state index contributed by atoms with van der Waals surface area (Å²) >= 11 is 12.5. The van der Waals surface area contributed by atoms with Gasteiger partial charge in [0.05, 0.1) is 15.6 Å². The fourth-order valence-corrected chi connectivity index (χ4v) is 4.03. The van der Waals surface area contributed by atoms with E-state index in [0.29, 0.717) is 6.54 Å². The topological polar surface area (TPSA) is 111 Å². The van der Waals surface area contributed by atoms with E-state index in [1.165, 1.54) is 29.2 Å². The van der Waals surface area contributed by atoms with E-state index < -0.39 is 11.8 Å². The van der Waals surface area contributed by atoms with Crippen LogP contribution >= 0.6 is 23.2 Å². The van der Waals surface area contributed by atoms with Crippen LogP contribution in [-0.2, 0) is 13.1 Å². The number of hydrogen-bond acceptors (Lipinski definition) is 4. The molecule has 0 saturated carbocycles. The highest BCUT2D eigenvalue weighted by molar-refractivity contribution is 6.40. The molecule has 0 aliphatic carbocycles. The molecule has 10 heteroatoms. The molecular formula is C26H26Cl2N4O4. The lowest BCUT2D eigenvalue weighted by atomic mass is 10.1. The van der Waals surface area contributed by atoms with E-state index in [9.17, 15) is 19.5 Å². The molecule has 3 rings (SSSR count). The second kappa shape index (κ2) is 12.8. The summed E-state index contributed by atoms with van der Waals surface area (Å²) < 4.78 is 0. The maximum Gasteiger partial charge on any atom is 0.317 e. The molecule has 3 aromatic rings. The number of hydrogen-bond donors (Lipinski definition) is 4. The van der Waals surface area contributed by atoms with Gasteiger partial charge < -0.3 is 26.0 Å². The molecule has 0 aliphatic rings. The third-order valence-corrected chi connectivity index (χ3v) is 5.79. The third kappa shape index (κ3) is 7.63. The minimum Gasteiger partial charge on any atom is -0.508 e. The molecule has 0 spiro atoms. The quantitative estimate of drug-likeness (QED) is 0.312. The zero-order chi connectivity index (χ0) is 26.1. The first-order chi connectivity index (χ1) is 17.2. The molecule has 8 nitrogen and oxygen atoms in total. The van der Waals surface area contributed by atoms with Gasteiger partial charge in [0.1, 0.15) is 5.75 Å². The highest BCUT2D eigenvalue weighted by Gasteiger charge is 2.18. The molecule has 36 heavy (non-hydrogen) atoms. The number of phenolic OH excluding ortho intramolecular Hbond substituents is 1. The first kappa shape index (κ1) is 26.8. The summed E-state index contributed by atoms with van der Waals surface area (Å²) in [6.45, 7) is 1.01. The van der Waals surface area contributed by atoms with E-state index in [1.807, 2.05) is 30.3 Å². The number of aromatic hydroxyl groups is 1. The van der Waals surface area contributed by atoms with E-state index >= 15 is 0 Å². The molecule has 0 aromatic heterocycles. The number of carbonyl (C=O) groups is 3. The molecule has 0 aliphatic heterocycles. The molecule has 3 aromatic carbocycles. The molecule has 0 unspecified atom stereocenters. The van der Waals surface area contributed by atoms with Gasteiger partial charge in [0.2, 0.25) is 0 Å². The van der Waals surface area contributed by atoms with Gasteiger partial charge in [-0.1, -0.05) is 65.7 Å². The minimum absolute atomic E-state index is 0.0223. The van der Waals surface area contributed by atoms with Crippen molar-refractivity contribution in [2.24, 2.45) is 0 Å². The van der Waals surface area contributed by atoms with Crippen LogP contribution in [0.2, 0.25) is 10.0 Å². The van der Waals surface area contributed by atoms with Crippen molar-refractivity contribution in [1.29, 1.82) is 0 Å². The Hall–Kier alpha value is -3.75. The Morgan fingerprint density at radius 2 is 1.44 bits per heavy atom. The Morgan fingerprint density at radius 1 is 0.806 bits per heavy atom. The normalized spacial score (nSPS) is 10.4. The predicted molar refractivity (Wildman–Crippen MR) is 139 cm³/mol. The highest BCUT2D eigenvalue weighted by Crippen LogP contribution is 2.27. The predicted octanol–water partition coefficient (Wildman–Crippen LogP) is 4.20. The number of phenols is 1. The van der Waals surface area contributed by atoms with Crippen molar-refractivity contribution in [3.63, 3.8) is 0 Å². The summed E-state index contributed by atoms with van der Waals surface area (Å²) in [7, 11) is 1.68. The van der Waals surface area contributed by atoms with Crippen LogP contribution in [0.5, 0.6) is 5.75 Å². The summed E-state index contributed by atoms with van der Waals surface area (Å²) in [5.41, 5.74) is 1.95. The number of halogens is 2. The van der Waals surface area contributed by atoms with Gasteiger partial charge in [-0.15, -0.1) is 0 Å². The second-order valence-electron chi connectivity index (χ2n) is 8.00. The molecule has 0 fully saturated rings. The van der Waals surface area contributed by atoms with Crippen molar-refractivity contribution in [2.45, 2.75) is 13.1 Å². The average molecular weight is 529 g/mol. The van der Waals surface area contributed by atoms with Gasteiger partial charge in [0.25, 0.3) is 11.8 Å². The van der Waals surface area contributed by atoms with Crippen LogP contribution < -0.4 is 16.0 Å². The van der Waals surface area contributed by atoms with Crippen LogP contribution in [-0.4, -0.2) is 48.0 Å². The number of nitrogens with zero attached hydrogens (tertiary/aromatic N) is 1. The monoisotopic (exact) mass is 528 g/mol. The van der Waals surface area contributed by atoms with Crippen molar-refractivity contribution < 1.29 is 19.5 Å². The van der Waals surface area contributed by atoms with E-state index in [4.69, 9.17) is 23.2 Å². The van der Waals surface area contributed by atoms with Crippen LogP contribution in [0.15, 0.2) is 66.7 Å². The zero-order valence-electron chi connectivity index (χ0n) is 19.6. The Bertz CT molecular complexity index is 1210. The molecule has 4 amide bonds. The molecule has 4 N–H and O–H groups in total. The standard InChI is InChI=1S/C26H26Cl2N4O4/c1-32(16-17-6-3-2-4-7-17)26(36)30-11-10-29-25(35)23-21(27)13-19(14-22(23)28)24(34)31-15-18-8-5-9-20(33)12-18/h2-9,12-14,33H,10-11,15-16H2,1H3,(H,29,35)(H,30,36)(H,31,34). The van der Waals surface area contributed by atoms with Crippen molar-refractivity contribution >= 4 is 41.0 Å². The number of amides is 4. The lowest BCUT2D eigenvalue weighted by Gasteiger charge is -2.18. The van der Waals surface area contributed by atoms with Crippen molar-refractivity contribution in [3.8, 4) is 5.75 Å². The lowest BCUT2D eigenvalue weighted by molar-refractivity contribution is 0.0940. The Labute approximate surface area is 219 Å². The first-order valence-electron chi connectivity index (χ1n) is 11.1. The summed E-state index contributed by atoms with van der Waals surface area (Å²) in [5.74, 6) is -0.859. The number of carbonyl (C=O) groups excluding carboxylic acids is 3. The maximum absolute atomic E-state index is 12.6. The molecule has 0 radical (unpaired) electrons.